The first-order valence-electron chi connectivity index (χ1n) is 6.68. The van der Waals surface area contributed by atoms with E-state index in [-0.39, 0.29) is 5.91 Å². The molecule has 7 heteroatoms. The molecule has 20 heavy (non-hydrogen) atoms. The van der Waals surface area contributed by atoms with Crippen LogP contribution in [-0.2, 0) is 4.79 Å². The Hall–Kier alpha value is -1.73. The van der Waals surface area contributed by atoms with Crippen molar-refractivity contribution in [3.05, 3.63) is 17.8 Å². The zero-order valence-corrected chi connectivity index (χ0v) is 11.9. The molecule has 6 nitrogen and oxygen atoms in total. The summed E-state index contributed by atoms with van der Waals surface area (Å²) < 4.78 is 1.10. The van der Waals surface area contributed by atoms with Gasteiger partial charge in [0.2, 0.25) is 5.91 Å². The zero-order valence-electron chi connectivity index (χ0n) is 11.1. The van der Waals surface area contributed by atoms with E-state index in [0.29, 0.717) is 12.6 Å². The third kappa shape index (κ3) is 2.88. The highest BCUT2D eigenvalue weighted by Gasteiger charge is 2.21. The number of thiophene rings is 1. The number of nitrogens with two attached hydrogens (primary N) is 1. The maximum atomic E-state index is 10.9. The van der Waals surface area contributed by atoms with Gasteiger partial charge in [0.1, 0.15) is 12.1 Å². The van der Waals surface area contributed by atoms with E-state index in [1.54, 1.807) is 17.7 Å². The Labute approximate surface area is 121 Å². The molecule has 0 unspecified atom stereocenters. The van der Waals surface area contributed by atoms with Crippen molar-refractivity contribution in [3.63, 3.8) is 0 Å². The van der Waals surface area contributed by atoms with Crippen LogP contribution in [0.3, 0.4) is 0 Å². The van der Waals surface area contributed by atoms with Crippen LogP contribution in [0, 0.1) is 0 Å². The van der Waals surface area contributed by atoms with Crippen LogP contribution in [0.4, 0.5) is 5.82 Å². The largest absolute Gasteiger partial charge is 0.369 e. The van der Waals surface area contributed by atoms with Crippen LogP contribution < -0.4 is 11.1 Å². The van der Waals surface area contributed by atoms with Crippen molar-refractivity contribution in [3.8, 4) is 0 Å². The molecule has 0 radical (unpaired) electrons. The molecule has 3 heterocycles. The van der Waals surface area contributed by atoms with Gasteiger partial charge in [-0.1, -0.05) is 0 Å². The molecule has 3 rings (SSSR count). The number of likely N-dealkylation sites (tertiary alicyclic amines) is 1. The fourth-order valence-corrected chi connectivity index (χ4v) is 3.34. The number of primary amides is 1. The molecule has 0 saturated carbocycles. The molecule has 1 aliphatic rings. The lowest BCUT2D eigenvalue weighted by Gasteiger charge is -2.31. The number of anilines is 1. The van der Waals surface area contributed by atoms with E-state index >= 15 is 0 Å². The number of hydrogen-bond donors (Lipinski definition) is 2. The molecule has 106 valence electrons. The van der Waals surface area contributed by atoms with Gasteiger partial charge in [-0.2, -0.15) is 0 Å². The van der Waals surface area contributed by atoms with Crippen LogP contribution in [0.15, 0.2) is 17.8 Å². The number of hydrogen-bond acceptors (Lipinski definition) is 6. The predicted molar refractivity (Wildman–Crippen MR) is 79.7 cm³/mol. The quantitative estimate of drug-likeness (QED) is 0.879. The molecular formula is C13H17N5OS. The van der Waals surface area contributed by atoms with Crippen molar-refractivity contribution in [2.45, 2.75) is 18.9 Å². The molecule has 1 amide bonds. The second-order valence-electron chi connectivity index (χ2n) is 5.02. The highest BCUT2D eigenvalue weighted by Crippen LogP contribution is 2.26. The maximum absolute atomic E-state index is 10.9. The molecule has 0 atom stereocenters. The van der Waals surface area contributed by atoms with Crippen molar-refractivity contribution >= 4 is 33.3 Å². The molecule has 3 N–H and O–H groups in total. The summed E-state index contributed by atoms with van der Waals surface area (Å²) in [7, 11) is 0. The highest BCUT2D eigenvalue weighted by atomic mass is 32.1. The lowest BCUT2D eigenvalue weighted by molar-refractivity contribution is -0.119. The van der Waals surface area contributed by atoms with Crippen LogP contribution in [0.5, 0.6) is 0 Å². The van der Waals surface area contributed by atoms with Crippen molar-refractivity contribution in [1.29, 1.82) is 0 Å². The number of carbonyl (C=O) groups excluding carboxylic acids is 1. The van der Waals surface area contributed by atoms with Gasteiger partial charge >= 0.3 is 0 Å². The molecule has 0 aromatic carbocycles. The van der Waals surface area contributed by atoms with Crippen LogP contribution in [0.1, 0.15) is 12.8 Å². The predicted octanol–water partition coefficient (Wildman–Crippen LogP) is 1.05. The summed E-state index contributed by atoms with van der Waals surface area (Å²) in [5.74, 6) is 0.658. The van der Waals surface area contributed by atoms with Crippen LogP contribution in [-0.4, -0.2) is 46.5 Å². The maximum Gasteiger partial charge on any atom is 0.231 e. The van der Waals surface area contributed by atoms with Gasteiger partial charge < -0.3 is 11.1 Å². The molecule has 0 spiro atoms. The normalized spacial score (nSPS) is 17.4. The Morgan fingerprint density at radius 2 is 2.25 bits per heavy atom. The SMILES string of the molecule is NC(=O)CN1CCC(Nc2ncnc3ccsc23)CC1. The lowest BCUT2D eigenvalue weighted by Crippen LogP contribution is -2.43. The molecule has 1 saturated heterocycles. The van der Waals surface area contributed by atoms with Crippen molar-refractivity contribution < 1.29 is 4.79 Å². The van der Waals surface area contributed by atoms with E-state index in [4.69, 9.17) is 5.73 Å². The number of amides is 1. The molecule has 1 fully saturated rings. The van der Waals surface area contributed by atoms with E-state index < -0.39 is 0 Å². The van der Waals surface area contributed by atoms with Gasteiger partial charge in [-0.05, 0) is 24.3 Å². The third-order valence-corrected chi connectivity index (χ3v) is 4.46. The topological polar surface area (TPSA) is 84.1 Å². The minimum atomic E-state index is -0.257. The van der Waals surface area contributed by atoms with E-state index in [1.165, 1.54) is 0 Å². The number of aromatic nitrogens is 2. The van der Waals surface area contributed by atoms with Gasteiger partial charge in [0.25, 0.3) is 0 Å². The van der Waals surface area contributed by atoms with E-state index in [0.717, 1.165) is 42.0 Å². The molecule has 0 aliphatic carbocycles. The first kappa shape index (κ1) is 13.3. The molecular weight excluding hydrogens is 274 g/mol. The van der Waals surface area contributed by atoms with Gasteiger partial charge in [0, 0.05) is 19.1 Å². The van der Waals surface area contributed by atoms with Gasteiger partial charge in [-0.15, -0.1) is 11.3 Å². The van der Waals surface area contributed by atoms with Crippen LogP contribution in [0.25, 0.3) is 10.2 Å². The summed E-state index contributed by atoms with van der Waals surface area (Å²) in [5, 5.41) is 5.53. The Balaban J connectivity index is 1.62. The first-order chi connectivity index (χ1) is 9.72. The monoisotopic (exact) mass is 291 g/mol. The number of fused-ring (bicyclic) bond motifs is 1. The van der Waals surface area contributed by atoms with Crippen molar-refractivity contribution in [2.24, 2.45) is 5.73 Å². The van der Waals surface area contributed by atoms with Crippen molar-refractivity contribution in [2.75, 3.05) is 25.0 Å². The summed E-state index contributed by atoms with van der Waals surface area (Å²) >= 11 is 1.65. The Morgan fingerprint density at radius 1 is 1.45 bits per heavy atom. The second kappa shape index (κ2) is 5.72. The van der Waals surface area contributed by atoms with Gasteiger partial charge in [-0.3, -0.25) is 9.69 Å². The summed E-state index contributed by atoms with van der Waals surface area (Å²) in [4.78, 5) is 21.6. The Bertz CT molecular complexity index is 606. The third-order valence-electron chi connectivity index (χ3n) is 3.55. The minimum absolute atomic E-state index is 0.257. The smallest absolute Gasteiger partial charge is 0.231 e. The van der Waals surface area contributed by atoms with Gasteiger partial charge in [0.15, 0.2) is 0 Å². The summed E-state index contributed by atoms with van der Waals surface area (Å²) in [5.41, 5.74) is 6.20. The summed E-state index contributed by atoms with van der Waals surface area (Å²) in [6, 6.07) is 2.39. The number of piperidine rings is 1. The average molecular weight is 291 g/mol. The van der Waals surface area contributed by atoms with E-state index in [1.807, 2.05) is 11.4 Å². The van der Waals surface area contributed by atoms with Crippen molar-refractivity contribution in [1.82, 2.24) is 14.9 Å². The molecule has 0 bridgehead atoms. The summed E-state index contributed by atoms with van der Waals surface area (Å²) in [6.45, 7) is 2.13. The Kier molecular flexibility index (Phi) is 3.79. The number of rotatable bonds is 4. The zero-order chi connectivity index (χ0) is 13.9. The molecule has 1 aliphatic heterocycles. The average Bonchev–Trinajstić information content (AvgIpc) is 2.90. The van der Waals surface area contributed by atoms with Crippen LogP contribution >= 0.6 is 11.3 Å². The van der Waals surface area contributed by atoms with Gasteiger partial charge in [-0.25, -0.2) is 9.97 Å². The molecule has 2 aromatic rings. The second-order valence-corrected chi connectivity index (χ2v) is 5.93. The molecule has 2 aromatic heterocycles. The van der Waals surface area contributed by atoms with Crippen LogP contribution in [0.2, 0.25) is 0 Å². The lowest BCUT2D eigenvalue weighted by atomic mass is 10.1. The standard InChI is InChI=1S/C13H17N5OS/c14-11(19)7-18-4-1-9(2-5-18)17-13-12-10(3-6-20-12)15-8-16-13/h3,6,8-9H,1-2,4-5,7H2,(H2,14,19)(H,15,16,17). The Morgan fingerprint density at radius 3 is 3.00 bits per heavy atom. The summed E-state index contributed by atoms with van der Waals surface area (Å²) in [6.07, 6.45) is 3.58. The first-order valence-corrected chi connectivity index (χ1v) is 7.56. The highest BCUT2D eigenvalue weighted by molar-refractivity contribution is 7.17. The fourth-order valence-electron chi connectivity index (χ4n) is 2.54. The van der Waals surface area contributed by atoms with Gasteiger partial charge in [0.05, 0.1) is 16.8 Å². The number of carbonyl (C=O) groups is 1. The van der Waals surface area contributed by atoms with E-state index in [9.17, 15) is 4.79 Å². The fraction of sp³-hybridized carbons (Fsp3) is 0.462. The minimum Gasteiger partial charge on any atom is -0.369 e. The number of nitrogens with zero attached hydrogens (tertiary/aromatic N) is 3. The number of nitrogens with one attached hydrogen (secondary N) is 1. The van der Waals surface area contributed by atoms with E-state index in [2.05, 4.69) is 20.2 Å².